The molecule has 1 aliphatic rings. The van der Waals surface area contributed by atoms with E-state index in [0.717, 1.165) is 10.9 Å². The lowest BCUT2D eigenvalue weighted by molar-refractivity contribution is -0.131. The van der Waals surface area contributed by atoms with E-state index in [2.05, 4.69) is 21.5 Å². The quantitative estimate of drug-likeness (QED) is 0.725. The number of likely N-dealkylation sites (tertiary alicyclic amines) is 1. The molecule has 4 rings (SSSR count). The van der Waals surface area contributed by atoms with Gasteiger partial charge in [-0.3, -0.25) is 9.59 Å². The van der Waals surface area contributed by atoms with E-state index in [0.29, 0.717) is 12.4 Å². The largest absolute Gasteiger partial charge is 0.337 e. The third-order valence-corrected chi connectivity index (χ3v) is 5.24. The maximum atomic E-state index is 12.9. The van der Waals surface area contributed by atoms with Crippen molar-refractivity contribution in [3.05, 3.63) is 48.2 Å². The topological polar surface area (TPSA) is 104 Å². The molecule has 0 bridgehead atoms. The number of aromatic nitrogens is 3. The highest BCUT2D eigenvalue weighted by Gasteiger charge is 2.39. The number of benzene rings is 1. The first kappa shape index (κ1) is 19.6. The Morgan fingerprint density at radius 3 is 2.70 bits per heavy atom. The first-order valence-corrected chi connectivity index (χ1v) is 9.73. The number of nitriles is 1. The van der Waals surface area contributed by atoms with Crippen molar-refractivity contribution in [1.82, 2.24) is 19.7 Å². The van der Waals surface area contributed by atoms with E-state index in [1.54, 1.807) is 11.0 Å². The van der Waals surface area contributed by atoms with Gasteiger partial charge in [0.25, 0.3) is 0 Å². The van der Waals surface area contributed by atoms with Gasteiger partial charge >= 0.3 is 0 Å². The summed E-state index contributed by atoms with van der Waals surface area (Å²) >= 11 is 0. The number of rotatable bonds is 3. The van der Waals surface area contributed by atoms with Crippen molar-refractivity contribution >= 4 is 28.5 Å². The van der Waals surface area contributed by atoms with Crippen LogP contribution in [-0.4, -0.2) is 43.6 Å². The lowest BCUT2D eigenvalue weighted by Gasteiger charge is -2.31. The molecule has 1 N–H and O–H groups in total. The Kier molecular flexibility index (Phi) is 4.74. The summed E-state index contributed by atoms with van der Waals surface area (Å²) < 4.78 is 1.45. The normalized spacial score (nSPS) is 16.7. The van der Waals surface area contributed by atoms with Crippen LogP contribution in [0.1, 0.15) is 32.8 Å². The zero-order chi connectivity index (χ0) is 21.5. The van der Waals surface area contributed by atoms with Crippen molar-refractivity contribution in [2.75, 3.05) is 11.9 Å². The summed E-state index contributed by atoms with van der Waals surface area (Å²) in [6.07, 6.45) is 1.54. The Morgan fingerprint density at radius 1 is 1.23 bits per heavy atom. The second kappa shape index (κ2) is 7.26. The van der Waals surface area contributed by atoms with Crippen LogP contribution in [0.5, 0.6) is 0 Å². The van der Waals surface area contributed by atoms with Crippen LogP contribution in [0.4, 0.5) is 5.82 Å². The van der Waals surface area contributed by atoms with E-state index in [9.17, 15) is 14.9 Å². The molecule has 2 amide bonds. The monoisotopic (exact) mass is 402 g/mol. The maximum Gasteiger partial charge on any atom is 0.230 e. The number of hydrogen-bond donors (Lipinski definition) is 1. The fraction of sp³-hybridized carbons (Fsp3) is 0.318. The number of carbonyl (C=O) groups is 2. The zero-order valence-electron chi connectivity index (χ0n) is 17.1. The van der Waals surface area contributed by atoms with Crippen molar-refractivity contribution < 1.29 is 9.59 Å². The van der Waals surface area contributed by atoms with Gasteiger partial charge in [0.1, 0.15) is 11.6 Å². The fourth-order valence-corrected chi connectivity index (χ4v) is 3.65. The minimum Gasteiger partial charge on any atom is -0.337 e. The van der Waals surface area contributed by atoms with Crippen LogP contribution >= 0.6 is 0 Å². The van der Waals surface area contributed by atoms with Crippen molar-refractivity contribution in [2.45, 2.75) is 32.7 Å². The molecular formula is C22H22N6O2. The number of amides is 2. The van der Waals surface area contributed by atoms with E-state index in [1.165, 1.54) is 10.9 Å². The smallest absolute Gasteiger partial charge is 0.230 e. The Labute approximate surface area is 174 Å². The highest BCUT2D eigenvalue weighted by molar-refractivity contribution is 5.97. The Morgan fingerprint density at radius 2 is 2.00 bits per heavy atom. The lowest BCUT2D eigenvalue weighted by atomic mass is 10.1. The number of nitrogens with zero attached hydrogens (tertiary/aromatic N) is 5. The van der Waals surface area contributed by atoms with Gasteiger partial charge in [-0.2, -0.15) is 15.0 Å². The molecule has 8 heteroatoms. The van der Waals surface area contributed by atoms with E-state index in [1.807, 2.05) is 51.1 Å². The molecule has 0 aliphatic carbocycles. The molecule has 8 nitrogen and oxygen atoms in total. The first-order valence-electron chi connectivity index (χ1n) is 9.73. The number of fused-ring (bicyclic) bond motifs is 1. The average molecular weight is 402 g/mol. The summed E-state index contributed by atoms with van der Waals surface area (Å²) in [5.74, 6) is -0.102. The predicted molar refractivity (Wildman–Crippen MR) is 112 cm³/mol. The van der Waals surface area contributed by atoms with Crippen molar-refractivity contribution in [3.63, 3.8) is 0 Å². The number of pyridine rings is 1. The van der Waals surface area contributed by atoms with Crippen LogP contribution in [-0.2, 0) is 9.59 Å². The van der Waals surface area contributed by atoms with E-state index in [-0.39, 0.29) is 35.2 Å². The Hall–Kier alpha value is -3.73. The first-order chi connectivity index (χ1) is 14.3. The Balaban J connectivity index is 1.63. The highest BCUT2D eigenvalue weighted by Crippen LogP contribution is 2.28. The second-order valence-corrected chi connectivity index (χ2v) is 8.36. The van der Waals surface area contributed by atoms with Gasteiger partial charge in [0.2, 0.25) is 11.8 Å². The number of nitrogens with one attached hydrogen (secondary N) is 1. The van der Waals surface area contributed by atoms with Crippen LogP contribution in [0, 0.1) is 17.2 Å². The SMILES string of the molecule is CC(C)(C)N1CC(C(=O)Nc2c(C#N)cnn2-c2ccc3ccccc3n2)CC1=O. The molecular weight excluding hydrogens is 380 g/mol. The minimum atomic E-state index is -0.490. The molecule has 1 aliphatic heterocycles. The van der Waals surface area contributed by atoms with Gasteiger partial charge in [0.05, 0.1) is 17.6 Å². The summed E-state index contributed by atoms with van der Waals surface area (Å²) in [5.41, 5.74) is 0.666. The van der Waals surface area contributed by atoms with E-state index in [4.69, 9.17) is 0 Å². The molecule has 1 unspecified atom stereocenters. The maximum absolute atomic E-state index is 12.9. The molecule has 2 aromatic heterocycles. The summed E-state index contributed by atoms with van der Waals surface area (Å²) in [5, 5.41) is 17.5. The van der Waals surface area contributed by atoms with Gasteiger partial charge in [-0.15, -0.1) is 0 Å². The number of anilines is 1. The summed E-state index contributed by atoms with van der Waals surface area (Å²) in [4.78, 5) is 31.6. The predicted octanol–water partition coefficient (Wildman–Crippen LogP) is 2.88. The zero-order valence-corrected chi connectivity index (χ0v) is 17.1. The molecule has 0 spiro atoms. The van der Waals surface area contributed by atoms with Crippen LogP contribution in [0.3, 0.4) is 0 Å². The third kappa shape index (κ3) is 3.50. The van der Waals surface area contributed by atoms with Crippen LogP contribution < -0.4 is 5.32 Å². The van der Waals surface area contributed by atoms with Gasteiger partial charge in [0, 0.05) is 23.9 Å². The summed E-state index contributed by atoms with van der Waals surface area (Å²) in [6, 6.07) is 13.4. The molecule has 3 aromatic rings. The molecule has 1 fully saturated rings. The molecule has 1 atom stereocenters. The van der Waals surface area contributed by atoms with Crippen LogP contribution in [0.15, 0.2) is 42.6 Å². The minimum absolute atomic E-state index is 0.0483. The standard InChI is InChI=1S/C22H22N6O2/c1-22(2,3)27-13-15(10-19(27)29)21(30)26-20-16(11-23)12-24-28(20)18-9-8-14-6-4-5-7-17(14)25-18/h4-9,12,15H,10,13H2,1-3H3,(H,26,30). The molecule has 30 heavy (non-hydrogen) atoms. The van der Waals surface area contributed by atoms with Crippen molar-refractivity contribution in [3.8, 4) is 11.9 Å². The highest BCUT2D eigenvalue weighted by atomic mass is 16.2. The van der Waals surface area contributed by atoms with Gasteiger partial charge in [-0.1, -0.05) is 18.2 Å². The molecule has 1 aromatic carbocycles. The second-order valence-electron chi connectivity index (χ2n) is 8.36. The van der Waals surface area contributed by atoms with Gasteiger partial charge in [-0.05, 0) is 39.0 Å². The summed E-state index contributed by atoms with van der Waals surface area (Å²) in [6.45, 7) is 6.18. The molecule has 0 radical (unpaired) electrons. The number of hydrogen-bond acceptors (Lipinski definition) is 5. The summed E-state index contributed by atoms with van der Waals surface area (Å²) in [7, 11) is 0. The number of para-hydroxylation sites is 1. The molecule has 3 heterocycles. The van der Waals surface area contributed by atoms with E-state index < -0.39 is 5.92 Å². The lowest BCUT2D eigenvalue weighted by Crippen LogP contribution is -2.42. The molecule has 1 saturated heterocycles. The molecule has 152 valence electrons. The Bertz CT molecular complexity index is 1180. The van der Waals surface area contributed by atoms with Crippen LogP contribution in [0.2, 0.25) is 0 Å². The van der Waals surface area contributed by atoms with Gasteiger partial charge in [0.15, 0.2) is 11.6 Å². The van der Waals surface area contributed by atoms with Gasteiger partial charge in [-0.25, -0.2) is 4.98 Å². The number of carbonyl (C=O) groups excluding carboxylic acids is 2. The third-order valence-electron chi connectivity index (χ3n) is 5.24. The van der Waals surface area contributed by atoms with Crippen LogP contribution in [0.25, 0.3) is 16.7 Å². The fourth-order valence-electron chi connectivity index (χ4n) is 3.65. The van der Waals surface area contributed by atoms with E-state index >= 15 is 0 Å². The molecule has 0 saturated carbocycles. The average Bonchev–Trinajstić information content (AvgIpc) is 3.30. The van der Waals surface area contributed by atoms with Crippen molar-refractivity contribution in [2.24, 2.45) is 5.92 Å². The van der Waals surface area contributed by atoms with Gasteiger partial charge < -0.3 is 10.2 Å². The van der Waals surface area contributed by atoms with Crippen molar-refractivity contribution in [1.29, 1.82) is 5.26 Å².